The largest absolute Gasteiger partial charge is 0.382 e. The Balaban J connectivity index is 2.34. The molecule has 19 heavy (non-hydrogen) atoms. The van der Waals surface area contributed by atoms with Crippen LogP contribution in [0.25, 0.3) is 0 Å². The third kappa shape index (κ3) is 5.88. The van der Waals surface area contributed by atoms with Crippen molar-refractivity contribution in [3.05, 3.63) is 29.3 Å². The lowest BCUT2D eigenvalue weighted by Gasteiger charge is -2.08. The number of rotatable bonds is 9. The van der Waals surface area contributed by atoms with Crippen LogP contribution in [-0.2, 0) is 19.5 Å². The van der Waals surface area contributed by atoms with Gasteiger partial charge >= 0.3 is 0 Å². The van der Waals surface area contributed by atoms with Gasteiger partial charge in [0.2, 0.25) is 10.0 Å². The summed E-state index contributed by atoms with van der Waals surface area (Å²) < 4.78 is 36.4. The molecule has 0 heterocycles. The lowest BCUT2D eigenvalue weighted by atomic mass is 10.4. The van der Waals surface area contributed by atoms with E-state index < -0.39 is 10.0 Å². The van der Waals surface area contributed by atoms with E-state index in [1.54, 1.807) is 25.3 Å². The number of sulfonamides is 1. The van der Waals surface area contributed by atoms with Gasteiger partial charge in [-0.25, -0.2) is 13.1 Å². The van der Waals surface area contributed by atoms with Gasteiger partial charge in [-0.1, -0.05) is 23.7 Å². The summed E-state index contributed by atoms with van der Waals surface area (Å²) in [7, 11) is -1.95. The highest BCUT2D eigenvalue weighted by Crippen LogP contribution is 2.19. The average Bonchev–Trinajstić information content (AvgIpc) is 2.38. The minimum absolute atomic E-state index is 0.0944. The molecule has 0 aromatic heterocycles. The van der Waals surface area contributed by atoms with Crippen molar-refractivity contribution < 1.29 is 17.9 Å². The van der Waals surface area contributed by atoms with Crippen LogP contribution in [0.1, 0.15) is 6.42 Å². The van der Waals surface area contributed by atoms with Gasteiger partial charge in [-0.2, -0.15) is 0 Å². The van der Waals surface area contributed by atoms with E-state index in [1.165, 1.54) is 6.07 Å². The molecule has 0 amide bonds. The minimum Gasteiger partial charge on any atom is -0.382 e. The zero-order valence-corrected chi connectivity index (χ0v) is 12.3. The topological polar surface area (TPSA) is 64.6 Å². The van der Waals surface area contributed by atoms with Crippen LogP contribution in [0.3, 0.4) is 0 Å². The molecule has 1 N–H and O–H groups in total. The van der Waals surface area contributed by atoms with Gasteiger partial charge in [-0.3, -0.25) is 0 Å². The Bertz CT molecular complexity index is 478. The quantitative estimate of drug-likeness (QED) is 0.705. The van der Waals surface area contributed by atoms with E-state index in [-0.39, 0.29) is 9.92 Å². The third-order valence-electron chi connectivity index (χ3n) is 2.32. The van der Waals surface area contributed by atoms with Crippen molar-refractivity contribution in [2.24, 2.45) is 0 Å². The van der Waals surface area contributed by atoms with E-state index in [4.69, 9.17) is 21.1 Å². The molecular formula is C12H18ClNO4S. The molecule has 0 saturated carbocycles. The monoisotopic (exact) mass is 307 g/mol. The van der Waals surface area contributed by atoms with E-state index in [9.17, 15) is 8.42 Å². The number of hydrogen-bond donors (Lipinski definition) is 1. The van der Waals surface area contributed by atoms with Crippen LogP contribution >= 0.6 is 11.6 Å². The normalized spacial score (nSPS) is 11.7. The van der Waals surface area contributed by atoms with Crippen LogP contribution in [0.2, 0.25) is 5.02 Å². The van der Waals surface area contributed by atoms with Gasteiger partial charge < -0.3 is 9.47 Å². The fourth-order valence-electron chi connectivity index (χ4n) is 1.37. The molecule has 5 nitrogen and oxygen atoms in total. The number of methoxy groups -OCH3 is 1. The van der Waals surface area contributed by atoms with Crippen molar-refractivity contribution in [3.63, 3.8) is 0 Å². The predicted molar refractivity (Wildman–Crippen MR) is 74.0 cm³/mol. The van der Waals surface area contributed by atoms with Crippen LogP contribution in [0.5, 0.6) is 0 Å². The number of halogens is 1. The Morgan fingerprint density at radius 2 is 1.95 bits per heavy atom. The number of ether oxygens (including phenoxy) is 2. The van der Waals surface area contributed by atoms with Gasteiger partial charge in [-0.15, -0.1) is 0 Å². The maximum absolute atomic E-state index is 11.9. The minimum atomic E-state index is -3.55. The highest BCUT2D eigenvalue weighted by molar-refractivity contribution is 7.89. The average molecular weight is 308 g/mol. The maximum atomic E-state index is 11.9. The van der Waals surface area contributed by atoms with Crippen LogP contribution in [-0.4, -0.2) is 41.9 Å². The molecule has 0 bridgehead atoms. The van der Waals surface area contributed by atoms with Gasteiger partial charge in [0, 0.05) is 20.3 Å². The fourth-order valence-corrected chi connectivity index (χ4v) is 2.96. The van der Waals surface area contributed by atoms with Crippen molar-refractivity contribution in [1.82, 2.24) is 4.72 Å². The molecule has 0 atom stereocenters. The van der Waals surface area contributed by atoms with Gasteiger partial charge in [0.1, 0.15) is 4.90 Å². The third-order valence-corrected chi connectivity index (χ3v) is 4.28. The molecule has 1 aromatic rings. The van der Waals surface area contributed by atoms with Crippen LogP contribution in [0.15, 0.2) is 29.2 Å². The Morgan fingerprint density at radius 1 is 1.21 bits per heavy atom. The van der Waals surface area contributed by atoms with Gasteiger partial charge in [0.15, 0.2) is 0 Å². The molecule has 0 unspecified atom stereocenters. The molecule has 0 aliphatic heterocycles. The fraction of sp³-hybridized carbons (Fsp3) is 0.500. The summed E-state index contributed by atoms with van der Waals surface area (Å²) in [5.74, 6) is 0. The molecule has 1 rings (SSSR count). The van der Waals surface area contributed by atoms with E-state index in [0.29, 0.717) is 32.8 Å². The molecule has 108 valence electrons. The smallest absolute Gasteiger partial charge is 0.242 e. The second-order valence-electron chi connectivity index (χ2n) is 3.79. The number of nitrogens with one attached hydrogen (secondary N) is 1. The first-order valence-corrected chi connectivity index (χ1v) is 7.75. The first kappa shape index (κ1) is 16.4. The molecule has 0 aliphatic rings. The van der Waals surface area contributed by atoms with E-state index in [0.717, 1.165) is 0 Å². The summed E-state index contributed by atoms with van der Waals surface area (Å²) in [5.41, 5.74) is 0. The summed E-state index contributed by atoms with van der Waals surface area (Å²) in [6, 6.07) is 6.34. The first-order chi connectivity index (χ1) is 9.08. The zero-order chi connectivity index (χ0) is 14.1. The zero-order valence-electron chi connectivity index (χ0n) is 10.8. The van der Waals surface area contributed by atoms with Crippen LogP contribution in [0, 0.1) is 0 Å². The van der Waals surface area contributed by atoms with E-state index in [2.05, 4.69) is 4.72 Å². The van der Waals surface area contributed by atoms with E-state index >= 15 is 0 Å². The summed E-state index contributed by atoms with van der Waals surface area (Å²) in [6.07, 6.45) is 0.591. The predicted octanol–water partition coefficient (Wildman–Crippen LogP) is 1.67. The van der Waals surface area contributed by atoms with Crippen molar-refractivity contribution in [3.8, 4) is 0 Å². The molecular weight excluding hydrogens is 290 g/mol. The summed E-state index contributed by atoms with van der Waals surface area (Å²) in [6.45, 7) is 1.83. The standard InChI is InChI=1S/C12H18ClNO4S/c1-17-9-10-18-8-4-7-14-19(15,16)12-6-3-2-5-11(12)13/h2-3,5-6,14H,4,7-10H2,1H3. The van der Waals surface area contributed by atoms with Crippen molar-refractivity contribution in [2.45, 2.75) is 11.3 Å². The highest BCUT2D eigenvalue weighted by atomic mass is 35.5. The summed E-state index contributed by atoms with van der Waals surface area (Å²) in [5, 5.41) is 0.214. The highest BCUT2D eigenvalue weighted by Gasteiger charge is 2.16. The molecule has 0 spiro atoms. The van der Waals surface area contributed by atoms with Crippen molar-refractivity contribution in [2.75, 3.05) is 33.5 Å². The lowest BCUT2D eigenvalue weighted by molar-refractivity contribution is 0.0699. The second kappa shape index (κ2) is 8.50. The maximum Gasteiger partial charge on any atom is 0.242 e. The van der Waals surface area contributed by atoms with Crippen LogP contribution in [0.4, 0.5) is 0 Å². The van der Waals surface area contributed by atoms with Crippen LogP contribution < -0.4 is 4.72 Å². The first-order valence-electron chi connectivity index (χ1n) is 5.89. The molecule has 0 fully saturated rings. The molecule has 7 heteroatoms. The van der Waals surface area contributed by atoms with Crippen molar-refractivity contribution in [1.29, 1.82) is 0 Å². The van der Waals surface area contributed by atoms with Gasteiger partial charge in [0.25, 0.3) is 0 Å². The molecule has 0 radical (unpaired) electrons. The SMILES string of the molecule is COCCOCCCNS(=O)(=O)c1ccccc1Cl. The van der Waals surface area contributed by atoms with Gasteiger partial charge in [-0.05, 0) is 18.6 Å². The van der Waals surface area contributed by atoms with E-state index in [1.807, 2.05) is 0 Å². The lowest BCUT2D eigenvalue weighted by Crippen LogP contribution is -2.26. The Hall–Kier alpha value is -0.660. The van der Waals surface area contributed by atoms with Crippen molar-refractivity contribution >= 4 is 21.6 Å². The summed E-state index contributed by atoms with van der Waals surface area (Å²) >= 11 is 5.85. The molecule has 1 aromatic carbocycles. The Labute approximate surface area is 118 Å². The molecule has 0 saturated heterocycles. The number of hydrogen-bond acceptors (Lipinski definition) is 4. The number of benzene rings is 1. The second-order valence-corrected chi connectivity index (χ2v) is 5.93. The Morgan fingerprint density at radius 3 is 2.63 bits per heavy atom. The molecule has 0 aliphatic carbocycles. The summed E-state index contributed by atoms with van der Waals surface area (Å²) in [4.78, 5) is 0.0944. The van der Waals surface area contributed by atoms with Gasteiger partial charge in [0.05, 0.1) is 18.2 Å². The Kier molecular flexibility index (Phi) is 7.33.